The molecule has 1 saturated carbocycles. The molecule has 1 aliphatic rings. The first-order chi connectivity index (χ1) is 22.0. The highest BCUT2D eigenvalue weighted by Crippen LogP contribution is 2.38. The molecule has 2 amide bonds. The highest BCUT2D eigenvalue weighted by Gasteiger charge is 2.35. The van der Waals surface area contributed by atoms with E-state index < -0.39 is 28.5 Å². The predicted molar refractivity (Wildman–Crippen MR) is 175 cm³/mol. The predicted octanol–water partition coefficient (Wildman–Crippen LogP) is 4.70. The van der Waals surface area contributed by atoms with E-state index in [1.165, 1.54) is 57.6 Å². The molecule has 3 aromatic carbocycles. The smallest absolute Gasteiger partial charge is 0.265 e. The Hall–Kier alpha value is -4.45. The molecule has 3 aromatic rings. The molecule has 0 bridgehead atoms. The Kier molecular flexibility index (Phi) is 11.4. The van der Waals surface area contributed by atoms with Crippen molar-refractivity contribution in [3.8, 4) is 23.0 Å². The summed E-state index contributed by atoms with van der Waals surface area (Å²) in [5, 5.41) is 3.08. The van der Waals surface area contributed by atoms with E-state index >= 15 is 0 Å². The molecule has 4 rings (SSSR count). The van der Waals surface area contributed by atoms with Crippen molar-refractivity contribution >= 4 is 27.5 Å². The molecule has 0 aromatic heterocycles. The fraction of sp³-hybridized carbons (Fsp3) is 0.412. The lowest BCUT2D eigenvalue weighted by Gasteiger charge is -2.33. The molecular formula is C34H43N3O8S. The number of carbonyl (C=O) groups excluding carboxylic acids is 2. The molecule has 1 fully saturated rings. The minimum Gasteiger partial charge on any atom is -0.497 e. The van der Waals surface area contributed by atoms with E-state index in [0.29, 0.717) is 11.5 Å². The Labute approximate surface area is 271 Å². The van der Waals surface area contributed by atoms with E-state index in [1.54, 1.807) is 19.1 Å². The summed E-state index contributed by atoms with van der Waals surface area (Å²) in [5.41, 5.74) is 1.93. The number of hydrogen-bond donors (Lipinski definition) is 1. The number of anilines is 1. The minimum atomic E-state index is -4.43. The van der Waals surface area contributed by atoms with Crippen LogP contribution in [0.5, 0.6) is 23.0 Å². The number of methoxy groups -OCH3 is 4. The van der Waals surface area contributed by atoms with Gasteiger partial charge in [0.25, 0.3) is 10.0 Å². The van der Waals surface area contributed by atoms with Crippen molar-refractivity contribution < 1.29 is 37.0 Å². The van der Waals surface area contributed by atoms with Crippen LogP contribution < -0.4 is 28.6 Å². The second-order valence-corrected chi connectivity index (χ2v) is 13.1. The first kappa shape index (κ1) is 34.4. The lowest BCUT2D eigenvalue weighted by molar-refractivity contribution is -0.139. The van der Waals surface area contributed by atoms with E-state index in [0.717, 1.165) is 41.1 Å². The van der Waals surface area contributed by atoms with Crippen molar-refractivity contribution in [3.05, 3.63) is 71.8 Å². The van der Waals surface area contributed by atoms with Crippen LogP contribution in [0.25, 0.3) is 0 Å². The Morgan fingerprint density at radius 2 is 1.48 bits per heavy atom. The van der Waals surface area contributed by atoms with Crippen molar-refractivity contribution in [2.45, 2.75) is 63.1 Å². The molecule has 0 aliphatic heterocycles. The number of nitrogens with zero attached hydrogens (tertiary/aromatic N) is 2. The van der Waals surface area contributed by atoms with Gasteiger partial charge < -0.3 is 29.2 Å². The van der Waals surface area contributed by atoms with E-state index in [1.807, 2.05) is 31.2 Å². The lowest BCUT2D eigenvalue weighted by Crippen LogP contribution is -2.52. The summed E-state index contributed by atoms with van der Waals surface area (Å²) in [4.78, 5) is 29.1. The van der Waals surface area contributed by atoms with Crippen molar-refractivity contribution in [1.29, 1.82) is 0 Å². The van der Waals surface area contributed by atoms with Crippen LogP contribution in [0.1, 0.15) is 43.7 Å². The summed E-state index contributed by atoms with van der Waals surface area (Å²) in [5.74, 6) is 0.232. The number of carbonyl (C=O) groups is 2. The van der Waals surface area contributed by atoms with Gasteiger partial charge in [-0.25, -0.2) is 8.42 Å². The van der Waals surface area contributed by atoms with Gasteiger partial charge in [0.1, 0.15) is 24.1 Å². The van der Waals surface area contributed by atoms with Gasteiger partial charge in [-0.15, -0.1) is 0 Å². The third kappa shape index (κ3) is 7.85. The molecule has 0 heterocycles. The number of aryl methyl sites for hydroxylation is 1. The summed E-state index contributed by atoms with van der Waals surface area (Å²) in [6.07, 6.45) is 3.85. The molecule has 11 nitrogen and oxygen atoms in total. The largest absolute Gasteiger partial charge is 0.497 e. The molecule has 1 N–H and O–H groups in total. The minimum absolute atomic E-state index is 0.0502. The molecule has 12 heteroatoms. The van der Waals surface area contributed by atoms with Gasteiger partial charge >= 0.3 is 0 Å². The topological polar surface area (TPSA) is 124 Å². The lowest BCUT2D eigenvalue weighted by atomic mass is 10.1. The maximum Gasteiger partial charge on any atom is 0.265 e. The Balaban J connectivity index is 1.79. The summed E-state index contributed by atoms with van der Waals surface area (Å²) in [7, 11) is 1.29. The molecule has 0 unspecified atom stereocenters. The molecule has 46 heavy (non-hydrogen) atoms. The number of rotatable bonds is 14. The van der Waals surface area contributed by atoms with E-state index in [-0.39, 0.29) is 40.6 Å². The first-order valence-corrected chi connectivity index (χ1v) is 16.6. The first-order valence-electron chi connectivity index (χ1n) is 15.1. The monoisotopic (exact) mass is 653 g/mol. The summed E-state index contributed by atoms with van der Waals surface area (Å²) >= 11 is 0. The average Bonchev–Trinajstić information content (AvgIpc) is 3.58. The summed E-state index contributed by atoms with van der Waals surface area (Å²) in [6, 6.07) is 15.7. The van der Waals surface area contributed by atoms with Crippen LogP contribution in [0, 0.1) is 6.92 Å². The number of ether oxygens (including phenoxy) is 4. The van der Waals surface area contributed by atoms with Gasteiger partial charge in [0.2, 0.25) is 11.8 Å². The third-order valence-electron chi connectivity index (χ3n) is 8.22. The normalized spacial score (nSPS) is 13.9. The van der Waals surface area contributed by atoms with Crippen molar-refractivity contribution in [3.63, 3.8) is 0 Å². The second-order valence-electron chi connectivity index (χ2n) is 11.2. The molecule has 1 aliphatic carbocycles. The number of benzene rings is 3. The highest BCUT2D eigenvalue weighted by atomic mass is 32.2. The molecular weight excluding hydrogens is 610 g/mol. The zero-order chi connectivity index (χ0) is 33.4. The Bertz CT molecular complexity index is 1620. The van der Waals surface area contributed by atoms with Crippen molar-refractivity contribution in [2.24, 2.45) is 0 Å². The van der Waals surface area contributed by atoms with Crippen LogP contribution in [0.15, 0.2) is 65.6 Å². The van der Waals surface area contributed by atoms with Crippen LogP contribution in [-0.2, 0) is 26.2 Å². The average molecular weight is 654 g/mol. The van der Waals surface area contributed by atoms with Gasteiger partial charge in [-0.05, 0) is 56.5 Å². The van der Waals surface area contributed by atoms with Crippen LogP contribution in [0.3, 0.4) is 0 Å². The van der Waals surface area contributed by atoms with E-state index in [9.17, 15) is 18.0 Å². The third-order valence-corrected chi connectivity index (χ3v) is 9.97. The summed E-state index contributed by atoms with van der Waals surface area (Å²) < 4.78 is 51.5. The van der Waals surface area contributed by atoms with E-state index in [4.69, 9.17) is 18.9 Å². The second kappa shape index (κ2) is 15.2. The quantitative estimate of drug-likeness (QED) is 0.266. The zero-order valence-electron chi connectivity index (χ0n) is 27.2. The highest BCUT2D eigenvalue weighted by molar-refractivity contribution is 7.92. The maximum absolute atomic E-state index is 14.4. The zero-order valence-corrected chi connectivity index (χ0v) is 28.1. The molecule has 0 saturated heterocycles. The van der Waals surface area contributed by atoms with Crippen LogP contribution >= 0.6 is 0 Å². The molecule has 0 spiro atoms. The van der Waals surface area contributed by atoms with Crippen molar-refractivity contribution in [1.82, 2.24) is 10.2 Å². The molecule has 1 atom stereocenters. The Morgan fingerprint density at radius 1 is 0.848 bits per heavy atom. The van der Waals surface area contributed by atoms with E-state index in [2.05, 4.69) is 5.32 Å². The van der Waals surface area contributed by atoms with Gasteiger partial charge in [-0.2, -0.15) is 0 Å². The van der Waals surface area contributed by atoms with Gasteiger partial charge in [0, 0.05) is 24.7 Å². The van der Waals surface area contributed by atoms with Crippen LogP contribution in [-0.4, -0.2) is 72.2 Å². The number of hydrogen-bond acceptors (Lipinski definition) is 8. The van der Waals surface area contributed by atoms with Crippen molar-refractivity contribution in [2.75, 3.05) is 39.3 Å². The number of sulfonamides is 1. The fourth-order valence-electron chi connectivity index (χ4n) is 5.47. The Morgan fingerprint density at radius 3 is 2.09 bits per heavy atom. The van der Waals surface area contributed by atoms with Gasteiger partial charge in [-0.3, -0.25) is 13.9 Å². The molecule has 0 radical (unpaired) electrons. The number of amides is 2. The fourth-order valence-corrected chi connectivity index (χ4v) is 6.91. The summed E-state index contributed by atoms with van der Waals surface area (Å²) in [6.45, 7) is 3.09. The number of nitrogens with one attached hydrogen (secondary N) is 1. The standard InChI is InChI=1S/C34H43N3O8S/c1-23-11-13-25(14-12-23)21-36(24(2)34(39)35-26-9-7-8-10-26)33(38)22-37(29-19-27(42-3)15-17-30(29)43-4)46(40,41)28-16-18-31(44-5)32(20-28)45-6/h11-20,24,26H,7-10,21-22H2,1-6H3,(H,35,39)/t24-/m0/s1. The van der Waals surface area contributed by atoms with Crippen LogP contribution in [0.4, 0.5) is 5.69 Å². The maximum atomic E-state index is 14.4. The van der Waals surface area contributed by atoms with Gasteiger partial charge in [-0.1, -0.05) is 42.7 Å². The van der Waals surface area contributed by atoms with Gasteiger partial charge in [0.15, 0.2) is 11.5 Å². The van der Waals surface area contributed by atoms with Crippen LogP contribution in [0.2, 0.25) is 0 Å². The van der Waals surface area contributed by atoms with Gasteiger partial charge in [0.05, 0.1) is 39.0 Å². The molecule has 248 valence electrons. The SMILES string of the molecule is COc1ccc(OC)c(N(CC(=O)N(Cc2ccc(C)cc2)[C@@H](C)C(=O)NC2CCCC2)S(=O)(=O)c2ccc(OC)c(OC)c2)c1.